The standard InChI is InChI=1S/C24H26ClNO.ClH/c1-2-8-24(20-9-4-3-5-10-20)26-17-19-13-15-22(16-14-19)27-18-21-11-6-7-12-23(21)25;/h3-7,9-16,24,26H,2,8,17-18H2,1H3;1H. The van der Waals surface area contributed by atoms with Crippen molar-refractivity contribution in [3.05, 3.63) is 101 Å². The Labute approximate surface area is 179 Å². The number of hydrogen-bond acceptors (Lipinski definition) is 2. The lowest BCUT2D eigenvalue weighted by atomic mass is 10.0. The summed E-state index contributed by atoms with van der Waals surface area (Å²) in [6.45, 7) is 3.54. The molecule has 1 N–H and O–H groups in total. The molecule has 0 fully saturated rings. The third kappa shape index (κ3) is 6.56. The summed E-state index contributed by atoms with van der Waals surface area (Å²) >= 11 is 6.17. The Bertz CT molecular complexity index is 822. The van der Waals surface area contributed by atoms with Crippen molar-refractivity contribution in [1.29, 1.82) is 0 Å². The van der Waals surface area contributed by atoms with E-state index in [4.69, 9.17) is 16.3 Å². The summed E-state index contributed by atoms with van der Waals surface area (Å²) in [6, 6.07) is 27.1. The van der Waals surface area contributed by atoms with E-state index in [0.717, 1.165) is 35.7 Å². The molecule has 3 aromatic carbocycles. The molecule has 1 unspecified atom stereocenters. The summed E-state index contributed by atoms with van der Waals surface area (Å²) in [5, 5.41) is 4.42. The number of halogens is 2. The van der Waals surface area contributed by atoms with E-state index in [-0.39, 0.29) is 12.4 Å². The van der Waals surface area contributed by atoms with Gasteiger partial charge in [-0.2, -0.15) is 0 Å². The molecule has 0 heterocycles. The third-order valence-corrected chi connectivity index (χ3v) is 4.98. The number of hydrogen-bond donors (Lipinski definition) is 1. The summed E-state index contributed by atoms with van der Waals surface area (Å²) in [5.74, 6) is 0.854. The lowest BCUT2D eigenvalue weighted by Gasteiger charge is -2.19. The maximum atomic E-state index is 6.17. The molecule has 148 valence electrons. The average Bonchev–Trinajstić information content (AvgIpc) is 2.72. The van der Waals surface area contributed by atoms with Gasteiger partial charge < -0.3 is 10.1 Å². The predicted octanol–water partition coefficient (Wildman–Crippen LogP) is 6.97. The highest BCUT2D eigenvalue weighted by atomic mass is 35.5. The minimum Gasteiger partial charge on any atom is -0.489 e. The van der Waals surface area contributed by atoms with Gasteiger partial charge in [-0.25, -0.2) is 0 Å². The molecule has 0 saturated heterocycles. The van der Waals surface area contributed by atoms with E-state index >= 15 is 0 Å². The minimum absolute atomic E-state index is 0. The van der Waals surface area contributed by atoms with E-state index in [2.05, 4.69) is 54.7 Å². The normalized spacial score (nSPS) is 11.5. The first-order chi connectivity index (χ1) is 13.3. The van der Waals surface area contributed by atoms with Crippen molar-refractivity contribution in [3.63, 3.8) is 0 Å². The Morgan fingerprint density at radius 1 is 0.893 bits per heavy atom. The molecular formula is C24H27Cl2NO. The lowest BCUT2D eigenvalue weighted by molar-refractivity contribution is 0.306. The van der Waals surface area contributed by atoms with Gasteiger partial charge in [0.1, 0.15) is 12.4 Å². The quantitative estimate of drug-likeness (QED) is 0.407. The van der Waals surface area contributed by atoms with Crippen molar-refractivity contribution in [3.8, 4) is 5.75 Å². The monoisotopic (exact) mass is 415 g/mol. The second kappa shape index (κ2) is 11.8. The molecule has 3 rings (SSSR count). The van der Waals surface area contributed by atoms with Gasteiger partial charge in [-0.15, -0.1) is 12.4 Å². The third-order valence-electron chi connectivity index (χ3n) is 4.61. The first-order valence-electron chi connectivity index (χ1n) is 9.49. The van der Waals surface area contributed by atoms with Gasteiger partial charge in [-0.1, -0.05) is 85.6 Å². The van der Waals surface area contributed by atoms with E-state index < -0.39 is 0 Å². The number of ether oxygens (including phenoxy) is 1. The second-order valence-corrected chi connectivity index (χ2v) is 7.06. The molecule has 4 heteroatoms. The van der Waals surface area contributed by atoms with Gasteiger partial charge in [0, 0.05) is 23.2 Å². The Kier molecular flexibility index (Phi) is 9.36. The van der Waals surface area contributed by atoms with Gasteiger partial charge in [0.25, 0.3) is 0 Å². The molecule has 2 nitrogen and oxygen atoms in total. The highest BCUT2D eigenvalue weighted by Gasteiger charge is 2.09. The zero-order valence-electron chi connectivity index (χ0n) is 16.1. The van der Waals surface area contributed by atoms with Crippen LogP contribution in [-0.2, 0) is 13.2 Å². The number of rotatable bonds is 9. The summed E-state index contributed by atoms with van der Waals surface area (Å²) < 4.78 is 5.86. The van der Waals surface area contributed by atoms with Gasteiger partial charge >= 0.3 is 0 Å². The van der Waals surface area contributed by atoms with Crippen LogP contribution in [0.4, 0.5) is 0 Å². The molecule has 28 heavy (non-hydrogen) atoms. The van der Waals surface area contributed by atoms with Gasteiger partial charge in [-0.05, 0) is 35.7 Å². The van der Waals surface area contributed by atoms with Crippen LogP contribution in [0, 0.1) is 0 Å². The molecule has 0 saturated carbocycles. The summed E-state index contributed by atoms with van der Waals surface area (Å²) in [6.07, 6.45) is 2.28. The van der Waals surface area contributed by atoms with Crippen molar-refractivity contribution in [2.24, 2.45) is 0 Å². The Hall–Kier alpha value is -2.00. The fraction of sp³-hybridized carbons (Fsp3) is 0.250. The van der Waals surface area contributed by atoms with Crippen LogP contribution in [0.2, 0.25) is 5.02 Å². The predicted molar refractivity (Wildman–Crippen MR) is 120 cm³/mol. The topological polar surface area (TPSA) is 21.3 Å². The molecule has 0 aliphatic carbocycles. The molecule has 0 radical (unpaired) electrons. The van der Waals surface area contributed by atoms with Crippen LogP contribution in [0.3, 0.4) is 0 Å². The van der Waals surface area contributed by atoms with Crippen LogP contribution in [0.15, 0.2) is 78.9 Å². The second-order valence-electron chi connectivity index (χ2n) is 6.66. The molecule has 0 bridgehead atoms. The van der Waals surface area contributed by atoms with Crippen molar-refractivity contribution in [1.82, 2.24) is 5.32 Å². The summed E-state index contributed by atoms with van der Waals surface area (Å²) in [7, 11) is 0. The van der Waals surface area contributed by atoms with E-state index in [1.807, 2.05) is 36.4 Å². The van der Waals surface area contributed by atoms with Crippen LogP contribution in [0.1, 0.15) is 42.5 Å². The summed E-state index contributed by atoms with van der Waals surface area (Å²) in [4.78, 5) is 0. The molecular weight excluding hydrogens is 389 g/mol. The van der Waals surface area contributed by atoms with Crippen LogP contribution in [-0.4, -0.2) is 0 Å². The molecule has 0 aromatic heterocycles. The van der Waals surface area contributed by atoms with Crippen LogP contribution in [0.25, 0.3) is 0 Å². The zero-order chi connectivity index (χ0) is 18.9. The minimum atomic E-state index is 0. The van der Waals surface area contributed by atoms with Gasteiger partial charge in [-0.3, -0.25) is 0 Å². The Morgan fingerprint density at radius 3 is 2.25 bits per heavy atom. The molecule has 0 spiro atoms. The fourth-order valence-electron chi connectivity index (χ4n) is 3.08. The van der Waals surface area contributed by atoms with Crippen LogP contribution >= 0.6 is 24.0 Å². The molecule has 0 amide bonds. The lowest BCUT2D eigenvalue weighted by Crippen LogP contribution is -2.20. The maximum Gasteiger partial charge on any atom is 0.119 e. The Balaban J connectivity index is 0.00000280. The van der Waals surface area contributed by atoms with E-state index in [1.165, 1.54) is 11.1 Å². The molecule has 3 aromatic rings. The highest BCUT2D eigenvalue weighted by molar-refractivity contribution is 6.31. The first kappa shape index (κ1) is 22.3. The van der Waals surface area contributed by atoms with Crippen molar-refractivity contribution < 1.29 is 4.74 Å². The number of nitrogens with one attached hydrogen (secondary N) is 1. The van der Waals surface area contributed by atoms with E-state index in [1.54, 1.807) is 0 Å². The molecule has 0 aliphatic rings. The van der Waals surface area contributed by atoms with Gasteiger partial charge in [0.2, 0.25) is 0 Å². The Morgan fingerprint density at radius 2 is 1.57 bits per heavy atom. The van der Waals surface area contributed by atoms with Crippen molar-refractivity contribution in [2.45, 2.75) is 39.0 Å². The first-order valence-corrected chi connectivity index (χ1v) is 9.87. The zero-order valence-corrected chi connectivity index (χ0v) is 17.7. The molecule has 0 aliphatic heterocycles. The fourth-order valence-corrected chi connectivity index (χ4v) is 3.27. The van der Waals surface area contributed by atoms with Crippen molar-refractivity contribution >= 4 is 24.0 Å². The summed E-state index contributed by atoms with van der Waals surface area (Å²) in [5.41, 5.74) is 3.59. The average molecular weight is 416 g/mol. The number of benzene rings is 3. The van der Waals surface area contributed by atoms with Crippen LogP contribution in [0.5, 0.6) is 5.75 Å². The van der Waals surface area contributed by atoms with E-state index in [9.17, 15) is 0 Å². The van der Waals surface area contributed by atoms with Gasteiger partial charge in [0.15, 0.2) is 0 Å². The SMILES string of the molecule is CCCC(NCc1ccc(OCc2ccccc2Cl)cc1)c1ccccc1.Cl. The van der Waals surface area contributed by atoms with E-state index in [0.29, 0.717) is 12.6 Å². The van der Waals surface area contributed by atoms with Crippen LogP contribution < -0.4 is 10.1 Å². The molecule has 1 atom stereocenters. The highest BCUT2D eigenvalue weighted by Crippen LogP contribution is 2.21. The largest absolute Gasteiger partial charge is 0.489 e. The maximum absolute atomic E-state index is 6.17. The smallest absolute Gasteiger partial charge is 0.119 e. The van der Waals surface area contributed by atoms with Gasteiger partial charge in [0.05, 0.1) is 0 Å². The van der Waals surface area contributed by atoms with Crippen molar-refractivity contribution in [2.75, 3.05) is 0 Å².